The number of hydrogen-bond donors (Lipinski definition) is 1. The summed E-state index contributed by atoms with van der Waals surface area (Å²) in [5.41, 5.74) is 4.97. The molecule has 0 aliphatic heterocycles. The van der Waals surface area contributed by atoms with Gasteiger partial charge in [-0.1, -0.05) is 40.5 Å². The molecule has 0 saturated heterocycles. The Hall–Kier alpha value is -3.45. The van der Waals surface area contributed by atoms with E-state index in [1.807, 2.05) is 26.0 Å². The number of nitrogens with zero attached hydrogens (tertiary/aromatic N) is 1. The van der Waals surface area contributed by atoms with Crippen LogP contribution < -0.4 is 14.9 Å². The lowest BCUT2D eigenvalue weighted by Crippen LogP contribution is -2.17. The smallest absolute Gasteiger partial charge is 0.343 e. The van der Waals surface area contributed by atoms with E-state index in [1.54, 1.807) is 54.6 Å². The van der Waals surface area contributed by atoms with E-state index in [0.717, 1.165) is 16.5 Å². The first-order chi connectivity index (χ1) is 15.5. The van der Waals surface area contributed by atoms with E-state index in [-0.39, 0.29) is 5.91 Å². The Bertz CT molecular complexity index is 1110. The lowest BCUT2D eigenvalue weighted by atomic mass is 10.1. The number of amides is 1. The summed E-state index contributed by atoms with van der Waals surface area (Å²) in [5.74, 6) is 0.176. The molecule has 164 valence electrons. The summed E-state index contributed by atoms with van der Waals surface area (Å²) in [7, 11) is 0. The summed E-state index contributed by atoms with van der Waals surface area (Å²) in [6, 6.07) is 19.1. The molecule has 7 heteroatoms. The van der Waals surface area contributed by atoms with Crippen LogP contribution in [-0.2, 0) is 0 Å². The Morgan fingerprint density at radius 2 is 1.69 bits per heavy atom. The van der Waals surface area contributed by atoms with Gasteiger partial charge in [0.05, 0.1) is 18.4 Å². The summed E-state index contributed by atoms with van der Waals surface area (Å²) < 4.78 is 11.9. The molecule has 0 aliphatic rings. The Morgan fingerprint density at radius 1 is 1.00 bits per heavy atom. The van der Waals surface area contributed by atoms with Gasteiger partial charge in [-0.05, 0) is 67.9 Å². The van der Waals surface area contributed by atoms with E-state index < -0.39 is 5.97 Å². The van der Waals surface area contributed by atoms with Crippen LogP contribution in [-0.4, -0.2) is 24.7 Å². The van der Waals surface area contributed by atoms with Crippen molar-refractivity contribution in [2.75, 3.05) is 6.61 Å². The van der Waals surface area contributed by atoms with Crippen LogP contribution in [0.5, 0.6) is 11.5 Å². The van der Waals surface area contributed by atoms with Crippen molar-refractivity contribution in [1.82, 2.24) is 5.43 Å². The predicted molar refractivity (Wildman–Crippen MR) is 128 cm³/mol. The molecule has 0 unspecified atom stereocenters. The molecule has 0 atom stereocenters. The van der Waals surface area contributed by atoms with E-state index in [0.29, 0.717) is 34.8 Å². The van der Waals surface area contributed by atoms with Crippen molar-refractivity contribution in [2.24, 2.45) is 5.10 Å². The first-order valence-corrected chi connectivity index (χ1v) is 10.9. The standard InChI is InChI=1S/C25H23BrN2O4/c1-3-14-31-22-11-8-19(9-12-22)25(30)32-23-13-10-21(26)15-20(23)16-27-28-24(29)18-6-4-17(2)5-7-18/h4-13,15-16H,3,14H2,1-2H3,(H,28,29). The van der Waals surface area contributed by atoms with Gasteiger partial charge in [-0.15, -0.1) is 0 Å². The van der Waals surface area contributed by atoms with Crippen LogP contribution in [0.4, 0.5) is 0 Å². The molecule has 0 fully saturated rings. The number of hydrazone groups is 1. The maximum absolute atomic E-state index is 12.6. The minimum absolute atomic E-state index is 0.317. The highest BCUT2D eigenvalue weighted by atomic mass is 79.9. The Balaban J connectivity index is 1.69. The van der Waals surface area contributed by atoms with Crippen molar-refractivity contribution in [2.45, 2.75) is 20.3 Å². The Labute approximate surface area is 195 Å². The highest BCUT2D eigenvalue weighted by Gasteiger charge is 2.12. The van der Waals surface area contributed by atoms with Crippen molar-refractivity contribution >= 4 is 34.0 Å². The van der Waals surface area contributed by atoms with E-state index in [2.05, 4.69) is 26.5 Å². The third kappa shape index (κ3) is 6.52. The zero-order valence-corrected chi connectivity index (χ0v) is 19.4. The van der Waals surface area contributed by atoms with Gasteiger partial charge in [-0.3, -0.25) is 4.79 Å². The van der Waals surface area contributed by atoms with E-state index in [1.165, 1.54) is 6.21 Å². The number of aryl methyl sites for hydroxylation is 1. The van der Waals surface area contributed by atoms with Crippen LogP contribution in [0.3, 0.4) is 0 Å². The monoisotopic (exact) mass is 494 g/mol. The highest BCUT2D eigenvalue weighted by Crippen LogP contribution is 2.23. The molecule has 0 saturated carbocycles. The number of esters is 1. The molecule has 0 spiro atoms. The summed E-state index contributed by atoms with van der Waals surface area (Å²) >= 11 is 3.40. The number of benzene rings is 3. The molecule has 0 radical (unpaired) electrons. The third-order valence-corrected chi connectivity index (χ3v) is 4.91. The molecule has 0 heterocycles. The Kier molecular flexibility index (Phi) is 8.16. The molecule has 32 heavy (non-hydrogen) atoms. The van der Waals surface area contributed by atoms with Crippen LogP contribution in [0, 0.1) is 6.92 Å². The van der Waals surface area contributed by atoms with Crippen LogP contribution >= 0.6 is 15.9 Å². The normalized spacial score (nSPS) is 10.7. The molecule has 3 rings (SSSR count). The average Bonchev–Trinajstić information content (AvgIpc) is 2.80. The van der Waals surface area contributed by atoms with E-state index >= 15 is 0 Å². The first-order valence-electron chi connectivity index (χ1n) is 10.1. The number of carbonyl (C=O) groups excluding carboxylic acids is 2. The van der Waals surface area contributed by atoms with Gasteiger partial charge in [0, 0.05) is 15.6 Å². The summed E-state index contributed by atoms with van der Waals surface area (Å²) in [6.07, 6.45) is 2.34. The molecule has 1 amide bonds. The van der Waals surface area contributed by atoms with Gasteiger partial charge in [0.15, 0.2) is 0 Å². The fraction of sp³-hybridized carbons (Fsp3) is 0.160. The topological polar surface area (TPSA) is 77.0 Å². The maximum Gasteiger partial charge on any atom is 0.343 e. The molecular weight excluding hydrogens is 472 g/mol. The lowest BCUT2D eigenvalue weighted by molar-refractivity contribution is 0.0734. The van der Waals surface area contributed by atoms with Gasteiger partial charge in [0.1, 0.15) is 11.5 Å². The fourth-order valence-electron chi connectivity index (χ4n) is 2.71. The molecule has 0 aliphatic carbocycles. The number of rotatable bonds is 8. The van der Waals surface area contributed by atoms with Gasteiger partial charge in [-0.25, -0.2) is 10.2 Å². The zero-order valence-electron chi connectivity index (χ0n) is 17.8. The van der Waals surface area contributed by atoms with Gasteiger partial charge in [0.25, 0.3) is 5.91 Å². The predicted octanol–water partition coefficient (Wildman–Crippen LogP) is 5.53. The first kappa shape index (κ1) is 23.2. The second-order valence-corrected chi connectivity index (χ2v) is 7.93. The lowest BCUT2D eigenvalue weighted by Gasteiger charge is -2.09. The Morgan fingerprint density at radius 3 is 2.38 bits per heavy atom. The number of halogens is 1. The average molecular weight is 495 g/mol. The molecule has 6 nitrogen and oxygen atoms in total. The van der Waals surface area contributed by atoms with Crippen molar-refractivity contribution in [1.29, 1.82) is 0 Å². The fourth-order valence-corrected chi connectivity index (χ4v) is 3.09. The number of ether oxygens (including phenoxy) is 2. The molecule has 0 bridgehead atoms. The van der Waals surface area contributed by atoms with Crippen molar-refractivity contribution in [3.8, 4) is 11.5 Å². The SMILES string of the molecule is CCCOc1ccc(C(=O)Oc2ccc(Br)cc2C=NNC(=O)c2ccc(C)cc2)cc1. The minimum Gasteiger partial charge on any atom is -0.494 e. The summed E-state index contributed by atoms with van der Waals surface area (Å²) in [6.45, 7) is 4.59. The third-order valence-electron chi connectivity index (χ3n) is 4.42. The van der Waals surface area contributed by atoms with Gasteiger partial charge >= 0.3 is 5.97 Å². The van der Waals surface area contributed by atoms with Crippen molar-refractivity contribution < 1.29 is 19.1 Å². The van der Waals surface area contributed by atoms with E-state index in [9.17, 15) is 9.59 Å². The number of carbonyl (C=O) groups is 2. The molecule has 3 aromatic carbocycles. The summed E-state index contributed by atoms with van der Waals surface area (Å²) in [5, 5.41) is 4.01. The van der Waals surface area contributed by atoms with Gasteiger partial charge in [0.2, 0.25) is 0 Å². The summed E-state index contributed by atoms with van der Waals surface area (Å²) in [4.78, 5) is 24.8. The maximum atomic E-state index is 12.6. The quantitative estimate of drug-likeness (QED) is 0.193. The van der Waals surface area contributed by atoms with Crippen molar-refractivity contribution in [3.05, 3.63) is 93.5 Å². The van der Waals surface area contributed by atoms with E-state index in [4.69, 9.17) is 9.47 Å². The largest absolute Gasteiger partial charge is 0.494 e. The second-order valence-electron chi connectivity index (χ2n) is 7.01. The van der Waals surface area contributed by atoms with Crippen molar-refractivity contribution in [3.63, 3.8) is 0 Å². The number of nitrogens with one attached hydrogen (secondary N) is 1. The molecule has 3 aromatic rings. The van der Waals surface area contributed by atoms with Crippen LogP contribution in [0.1, 0.15) is 45.2 Å². The molecule has 0 aromatic heterocycles. The molecule has 1 N–H and O–H groups in total. The minimum atomic E-state index is -0.507. The zero-order chi connectivity index (χ0) is 22.9. The highest BCUT2D eigenvalue weighted by molar-refractivity contribution is 9.10. The van der Waals surface area contributed by atoms with Crippen LogP contribution in [0.2, 0.25) is 0 Å². The van der Waals surface area contributed by atoms with Crippen LogP contribution in [0.25, 0.3) is 0 Å². The second kappa shape index (κ2) is 11.2. The van der Waals surface area contributed by atoms with Gasteiger partial charge in [-0.2, -0.15) is 5.10 Å². The van der Waals surface area contributed by atoms with Crippen LogP contribution in [0.15, 0.2) is 76.3 Å². The van der Waals surface area contributed by atoms with Gasteiger partial charge < -0.3 is 9.47 Å². The molecular formula is C25H23BrN2O4. The number of hydrogen-bond acceptors (Lipinski definition) is 5.